The maximum absolute atomic E-state index is 15.1. The molecular weight excluding hydrogens is 686 g/mol. The first-order valence-electron chi connectivity index (χ1n) is 16.0. The van der Waals surface area contributed by atoms with E-state index in [0.717, 1.165) is 67.8 Å². The van der Waals surface area contributed by atoms with Gasteiger partial charge in [-0.15, -0.1) is 0 Å². The number of nitrogens with one attached hydrogen (secondary N) is 2. The molecule has 0 radical (unpaired) electrons. The van der Waals surface area contributed by atoms with Gasteiger partial charge in [0.2, 0.25) is 0 Å². The van der Waals surface area contributed by atoms with Crippen LogP contribution in [0.2, 0.25) is 10.0 Å². The monoisotopic (exact) mass is 718 g/mol. The van der Waals surface area contributed by atoms with Gasteiger partial charge in [-0.1, -0.05) is 52.2 Å². The Morgan fingerprint density at radius 1 is 1.06 bits per heavy atom. The average molecular weight is 720 g/mol. The van der Waals surface area contributed by atoms with Gasteiger partial charge in [-0.3, -0.25) is 4.79 Å². The fourth-order valence-corrected chi connectivity index (χ4v) is 10.2. The van der Waals surface area contributed by atoms with Gasteiger partial charge in [0.15, 0.2) is 5.13 Å². The zero-order chi connectivity index (χ0) is 32.4. The first kappa shape index (κ1) is 31.5. The van der Waals surface area contributed by atoms with Crippen molar-refractivity contribution in [2.45, 2.75) is 82.0 Å². The summed E-state index contributed by atoms with van der Waals surface area (Å²) in [6.07, 6.45) is 7.44. The highest BCUT2D eigenvalue weighted by molar-refractivity contribution is 7.87. The van der Waals surface area contributed by atoms with E-state index in [9.17, 15) is 13.2 Å². The average Bonchev–Trinajstić information content (AvgIpc) is 3.69. The molecule has 47 heavy (non-hydrogen) atoms. The number of aromatic nitrogens is 2. The molecule has 2 aromatic heterocycles. The molecule has 0 spiro atoms. The molecule has 2 aromatic carbocycles. The number of amides is 1. The van der Waals surface area contributed by atoms with E-state index < -0.39 is 21.9 Å². The summed E-state index contributed by atoms with van der Waals surface area (Å²) in [6, 6.07) is 8.88. The van der Waals surface area contributed by atoms with Crippen molar-refractivity contribution in [3.63, 3.8) is 0 Å². The van der Waals surface area contributed by atoms with E-state index in [0.29, 0.717) is 57.1 Å². The number of fused-ring (bicyclic) bond motifs is 3. The summed E-state index contributed by atoms with van der Waals surface area (Å²) in [4.78, 5) is 19.9. The molecular formula is C32H33Cl2FN6O4S2. The van der Waals surface area contributed by atoms with E-state index >= 15 is 4.39 Å². The van der Waals surface area contributed by atoms with Crippen molar-refractivity contribution < 1.29 is 22.1 Å². The van der Waals surface area contributed by atoms with Crippen molar-refractivity contribution in [2.24, 2.45) is 0 Å². The van der Waals surface area contributed by atoms with Gasteiger partial charge in [0.1, 0.15) is 17.3 Å². The minimum Gasteiger partial charge on any atom is -0.360 e. The SMILES string of the molecule is O=C(NS(=O)(=O)N1CCCCC1)c1cc2sc(N3C4CC(NCc5c(-c6c(Cl)cccc6Cl)noc5C5CC5)CC3C4)nc2cc1F. The molecule has 15 heteroatoms. The highest BCUT2D eigenvalue weighted by Gasteiger charge is 2.47. The first-order valence-corrected chi connectivity index (χ1v) is 19.0. The number of halogens is 3. The van der Waals surface area contributed by atoms with Crippen LogP contribution in [0.15, 0.2) is 34.9 Å². The van der Waals surface area contributed by atoms with Crippen molar-refractivity contribution in [1.29, 1.82) is 0 Å². The molecule has 3 saturated heterocycles. The molecule has 9 rings (SSSR count). The van der Waals surface area contributed by atoms with Crippen molar-refractivity contribution in [2.75, 3.05) is 18.0 Å². The largest absolute Gasteiger partial charge is 0.360 e. The standard InChI is InChI=1S/C32H33Cl2FN6O4S2/c33-23-5-4-6-24(34)28(23)29-22(30(45-38-29)17-7-8-17)16-36-18-11-19-13-20(12-18)41(19)32-37-26-15-25(35)21(14-27(26)46-32)31(42)39-47(43,44)40-9-2-1-3-10-40/h4-6,14-15,17-20,36H,1-3,7-13,16H2,(H,39,42). The predicted octanol–water partition coefficient (Wildman–Crippen LogP) is 6.63. The van der Waals surface area contributed by atoms with Gasteiger partial charge < -0.3 is 14.7 Å². The van der Waals surface area contributed by atoms with Crippen LogP contribution in [0, 0.1) is 5.82 Å². The molecule has 3 aliphatic heterocycles. The zero-order valence-corrected chi connectivity index (χ0v) is 28.5. The normalized spacial score (nSPS) is 23.2. The molecule has 248 valence electrons. The maximum atomic E-state index is 15.1. The van der Waals surface area contributed by atoms with Gasteiger partial charge in [-0.25, -0.2) is 14.1 Å². The number of benzene rings is 2. The topological polar surface area (TPSA) is 121 Å². The molecule has 5 heterocycles. The Kier molecular flexibility index (Phi) is 8.21. The number of thiazole rings is 1. The third-order valence-electron chi connectivity index (χ3n) is 9.79. The third kappa shape index (κ3) is 5.93. The number of rotatable bonds is 9. The maximum Gasteiger partial charge on any atom is 0.304 e. The van der Waals surface area contributed by atoms with Crippen molar-refractivity contribution in [3.05, 3.63) is 63.1 Å². The van der Waals surface area contributed by atoms with Crippen LogP contribution in [0.5, 0.6) is 0 Å². The van der Waals surface area contributed by atoms with Gasteiger partial charge in [-0.05, 0) is 63.1 Å². The summed E-state index contributed by atoms with van der Waals surface area (Å²) in [6.45, 7) is 1.28. The number of nitrogens with zero attached hydrogens (tertiary/aromatic N) is 4. The first-order chi connectivity index (χ1) is 22.7. The lowest BCUT2D eigenvalue weighted by molar-refractivity contribution is 0.0975. The Labute approximate surface area is 285 Å². The summed E-state index contributed by atoms with van der Waals surface area (Å²) in [5, 5.41) is 10.0. The van der Waals surface area contributed by atoms with Crippen molar-refractivity contribution in [3.8, 4) is 11.3 Å². The number of hydrogen-bond donors (Lipinski definition) is 2. The summed E-state index contributed by atoms with van der Waals surface area (Å²) >= 11 is 14.5. The van der Waals surface area contributed by atoms with Gasteiger partial charge >= 0.3 is 10.2 Å². The molecule has 5 aliphatic rings. The lowest BCUT2D eigenvalue weighted by atomic mass is 9.77. The van der Waals surface area contributed by atoms with Crippen LogP contribution >= 0.6 is 34.5 Å². The molecule has 2 saturated carbocycles. The quantitative estimate of drug-likeness (QED) is 0.198. The lowest BCUT2D eigenvalue weighted by Gasteiger charge is -2.55. The molecule has 2 bridgehead atoms. The van der Waals surface area contributed by atoms with Gasteiger partial charge in [0, 0.05) is 60.9 Å². The fraction of sp³-hybridized carbons (Fsp3) is 0.469. The second kappa shape index (κ2) is 12.3. The second-order valence-electron chi connectivity index (χ2n) is 12.9. The van der Waals surface area contributed by atoms with Crippen LogP contribution in [0.3, 0.4) is 0 Å². The number of carbonyl (C=O) groups excluding carboxylic acids is 1. The Morgan fingerprint density at radius 2 is 1.79 bits per heavy atom. The Balaban J connectivity index is 0.953. The van der Waals surface area contributed by atoms with E-state index in [2.05, 4.69) is 20.1 Å². The minimum absolute atomic E-state index is 0.274. The van der Waals surface area contributed by atoms with Gasteiger partial charge in [-0.2, -0.15) is 12.7 Å². The van der Waals surface area contributed by atoms with Crippen LogP contribution in [0.25, 0.3) is 21.5 Å². The summed E-state index contributed by atoms with van der Waals surface area (Å²) < 4.78 is 50.3. The molecule has 10 nitrogen and oxygen atoms in total. The van der Waals surface area contributed by atoms with E-state index in [4.69, 9.17) is 32.7 Å². The van der Waals surface area contributed by atoms with Crippen LogP contribution in [-0.4, -0.2) is 60.0 Å². The zero-order valence-electron chi connectivity index (χ0n) is 25.3. The molecule has 2 aliphatic carbocycles. The van der Waals surface area contributed by atoms with E-state index in [1.165, 1.54) is 27.8 Å². The molecule has 5 fully saturated rings. The van der Waals surface area contributed by atoms with Crippen LogP contribution in [0.1, 0.15) is 79.0 Å². The molecule has 2 unspecified atom stereocenters. The van der Waals surface area contributed by atoms with Crippen LogP contribution < -0.4 is 14.9 Å². The highest BCUT2D eigenvalue weighted by Crippen LogP contribution is 2.47. The smallest absolute Gasteiger partial charge is 0.304 e. The van der Waals surface area contributed by atoms with Gasteiger partial charge in [0.25, 0.3) is 5.91 Å². The van der Waals surface area contributed by atoms with Crippen LogP contribution in [0.4, 0.5) is 9.52 Å². The molecule has 4 aromatic rings. The molecule has 2 atom stereocenters. The number of piperidine rings is 2. The summed E-state index contributed by atoms with van der Waals surface area (Å²) in [5.41, 5.74) is 2.53. The highest BCUT2D eigenvalue weighted by atomic mass is 35.5. The Morgan fingerprint density at radius 3 is 2.49 bits per heavy atom. The van der Waals surface area contributed by atoms with Crippen molar-refractivity contribution >= 4 is 66.0 Å². The third-order valence-corrected chi connectivity index (χ3v) is 12.9. The lowest BCUT2D eigenvalue weighted by Crippen LogP contribution is -2.64. The van der Waals surface area contributed by atoms with E-state index in [-0.39, 0.29) is 23.7 Å². The predicted molar refractivity (Wildman–Crippen MR) is 180 cm³/mol. The van der Waals surface area contributed by atoms with Crippen molar-refractivity contribution in [1.82, 2.24) is 24.5 Å². The number of anilines is 1. The molecule has 2 N–H and O–H groups in total. The molecule has 1 amide bonds. The van der Waals surface area contributed by atoms with Crippen LogP contribution in [-0.2, 0) is 16.8 Å². The summed E-state index contributed by atoms with van der Waals surface area (Å²) in [7, 11) is -4.04. The van der Waals surface area contributed by atoms with Gasteiger partial charge in [0.05, 0.1) is 25.8 Å². The minimum atomic E-state index is -4.04. The number of hydrogen-bond acceptors (Lipinski definition) is 9. The number of carbonyl (C=O) groups is 1. The Hall–Kier alpha value is -2.81. The van der Waals surface area contributed by atoms with E-state index in [1.54, 1.807) is 0 Å². The Bertz CT molecular complexity index is 1940. The second-order valence-corrected chi connectivity index (χ2v) is 16.4. The summed E-state index contributed by atoms with van der Waals surface area (Å²) in [5.74, 6) is -0.494. The van der Waals surface area contributed by atoms with E-state index in [1.807, 2.05) is 18.2 Å². The fourth-order valence-electron chi connectivity index (χ4n) is 7.24.